The van der Waals surface area contributed by atoms with Crippen LogP contribution in [0.2, 0.25) is 0 Å². The lowest BCUT2D eigenvalue weighted by Crippen LogP contribution is -2.43. The van der Waals surface area contributed by atoms with Gasteiger partial charge in [-0.25, -0.2) is 5.32 Å². The maximum absolute atomic E-state index is 12.2. The SMILES string of the molecule is CN(C)c1ccc(C(=O)N2CC[N]CC2)cc1. The molecule has 1 saturated heterocycles. The lowest BCUT2D eigenvalue weighted by molar-refractivity contribution is 0.0734. The Bertz CT molecular complexity index is 380. The average molecular weight is 232 g/mol. The van der Waals surface area contributed by atoms with Crippen LogP contribution in [-0.4, -0.2) is 51.1 Å². The normalized spacial score (nSPS) is 15.8. The molecule has 2 rings (SSSR count). The Hall–Kier alpha value is -1.55. The molecule has 4 nitrogen and oxygen atoms in total. The molecular formula is C13H18N3O. The number of hydrogen-bond donors (Lipinski definition) is 0. The lowest BCUT2D eigenvalue weighted by atomic mass is 10.1. The topological polar surface area (TPSA) is 37.7 Å². The Labute approximate surface area is 102 Å². The number of anilines is 1. The zero-order valence-corrected chi connectivity index (χ0v) is 10.4. The van der Waals surface area contributed by atoms with Crippen molar-refractivity contribution in [1.82, 2.24) is 10.2 Å². The highest BCUT2D eigenvalue weighted by molar-refractivity contribution is 5.94. The summed E-state index contributed by atoms with van der Waals surface area (Å²) in [7, 11) is 3.98. The van der Waals surface area contributed by atoms with Crippen LogP contribution in [0.3, 0.4) is 0 Å². The summed E-state index contributed by atoms with van der Waals surface area (Å²) in [5.41, 5.74) is 1.87. The Kier molecular flexibility index (Phi) is 3.64. The lowest BCUT2D eigenvalue weighted by Gasteiger charge is -2.26. The summed E-state index contributed by atoms with van der Waals surface area (Å²) in [6, 6.07) is 7.73. The quantitative estimate of drug-likeness (QED) is 0.757. The van der Waals surface area contributed by atoms with E-state index in [1.54, 1.807) is 0 Å². The van der Waals surface area contributed by atoms with Crippen LogP contribution >= 0.6 is 0 Å². The van der Waals surface area contributed by atoms with Gasteiger partial charge in [0.15, 0.2) is 0 Å². The molecule has 1 amide bonds. The van der Waals surface area contributed by atoms with Crippen LogP contribution in [-0.2, 0) is 0 Å². The average Bonchev–Trinajstić information content (AvgIpc) is 2.39. The van der Waals surface area contributed by atoms with Gasteiger partial charge in [-0.05, 0) is 24.3 Å². The number of amides is 1. The Morgan fingerprint density at radius 2 is 1.76 bits per heavy atom. The smallest absolute Gasteiger partial charge is 0.253 e. The molecule has 0 bridgehead atoms. The molecule has 0 N–H and O–H groups in total. The monoisotopic (exact) mass is 232 g/mol. The van der Waals surface area contributed by atoms with Crippen LogP contribution in [0.4, 0.5) is 5.69 Å². The summed E-state index contributed by atoms with van der Waals surface area (Å²) in [6.45, 7) is 3.02. The Morgan fingerprint density at radius 1 is 1.18 bits per heavy atom. The number of carbonyl (C=O) groups excluding carboxylic acids is 1. The molecule has 1 radical (unpaired) electrons. The number of carbonyl (C=O) groups is 1. The van der Waals surface area contributed by atoms with E-state index >= 15 is 0 Å². The second-order valence-corrected chi connectivity index (χ2v) is 4.40. The van der Waals surface area contributed by atoms with E-state index in [1.165, 1.54) is 0 Å². The van der Waals surface area contributed by atoms with Gasteiger partial charge in [0.25, 0.3) is 5.91 Å². The van der Waals surface area contributed by atoms with Gasteiger partial charge in [-0.3, -0.25) is 4.79 Å². The van der Waals surface area contributed by atoms with Crippen molar-refractivity contribution in [3.63, 3.8) is 0 Å². The van der Waals surface area contributed by atoms with Gasteiger partial charge in [0.05, 0.1) is 0 Å². The van der Waals surface area contributed by atoms with Crippen molar-refractivity contribution >= 4 is 11.6 Å². The molecule has 1 aliphatic heterocycles. The van der Waals surface area contributed by atoms with E-state index < -0.39 is 0 Å². The molecule has 0 aliphatic carbocycles. The van der Waals surface area contributed by atoms with Gasteiger partial charge < -0.3 is 9.80 Å². The van der Waals surface area contributed by atoms with E-state index in [-0.39, 0.29) is 5.91 Å². The van der Waals surface area contributed by atoms with Crippen LogP contribution < -0.4 is 10.2 Å². The number of benzene rings is 1. The second kappa shape index (κ2) is 5.19. The highest BCUT2D eigenvalue weighted by atomic mass is 16.2. The molecule has 17 heavy (non-hydrogen) atoms. The molecule has 1 aromatic carbocycles. The van der Waals surface area contributed by atoms with Crippen LogP contribution in [0.1, 0.15) is 10.4 Å². The fourth-order valence-corrected chi connectivity index (χ4v) is 1.89. The van der Waals surface area contributed by atoms with Crippen molar-refractivity contribution in [3.8, 4) is 0 Å². The summed E-state index contributed by atoms with van der Waals surface area (Å²) >= 11 is 0. The predicted octanol–water partition coefficient (Wildman–Crippen LogP) is 0.813. The first-order valence-corrected chi connectivity index (χ1v) is 5.88. The number of rotatable bonds is 2. The molecule has 0 unspecified atom stereocenters. The summed E-state index contributed by atoms with van der Waals surface area (Å²) in [5.74, 6) is 0.116. The van der Waals surface area contributed by atoms with E-state index in [4.69, 9.17) is 0 Å². The van der Waals surface area contributed by atoms with Crippen molar-refractivity contribution in [2.75, 3.05) is 45.2 Å². The molecule has 1 aliphatic rings. The summed E-state index contributed by atoms with van der Waals surface area (Å²) < 4.78 is 0. The van der Waals surface area contributed by atoms with Gasteiger partial charge in [0.1, 0.15) is 0 Å². The van der Waals surface area contributed by atoms with Gasteiger partial charge in [-0.15, -0.1) is 0 Å². The first kappa shape index (κ1) is 11.9. The minimum absolute atomic E-state index is 0.116. The van der Waals surface area contributed by atoms with Gasteiger partial charge in [0, 0.05) is 51.5 Å². The Morgan fingerprint density at radius 3 is 2.29 bits per heavy atom. The highest BCUT2D eigenvalue weighted by Gasteiger charge is 2.18. The molecule has 1 fully saturated rings. The maximum atomic E-state index is 12.2. The van der Waals surface area contributed by atoms with Crippen LogP contribution in [0.25, 0.3) is 0 Å². The van der Waals surface area contributed by atoms with Crippen LogP contribution in [0.15, 0.2) is 24.3 Å². The molecule has 1 heterocycles. The van der Waals surface area contributed by atoms with Crippen LogP contribution in [0.5, 0.6) is 0 Å². The summed E-state index contributed by atoms with van der Waals surface area (Å²) in [4.78, 5) is 16.0. The third-order valence-corrected chi connectivity index (χ3v) is 2.97. The van der Waals surface area contributed by atoms with Gasteiger partial charge in [-0.1, -0.05) is 0 Å². The molecule has 0 saturated carbocycles. The third-order valence-electron chi connectivity index (χ3n) is 2.97. The molecule has 0 spiro atoms. The number of hydrogen-bond acceptors (Lipinski definition) is 2. The van der Waals surface area contributed by atoms with Gasteiger partial charge >= 0.3 is 0 Å². The zero-order valence-electron chi connectivity index (χ0n) is 10.4. The van der Waals surface area contributed by atoms with Crippen molar-refractivity contribution in [2.24, 2.45) is 0 Å². The number of piperazine rings is 1. The molecule has 4 heteroatoms. The summed E-state index contributed by atoms with van der Waals surface area (Å²) in [6.07, 6.45) is 0. The Balaban J connectivity index is 2.08. The largest absolute Gasteiger partial charge is 0.378 e. The fraction of sp³-hybridized carbons (Fsp3) is 0.462. The molecular weight excluding hydrogens is 214 g/mol. The van der Waals surface area contributed by atoms with E-state index in [1.807, 2.05) is 48.2 Å². The van der Waals surface area contributed by atoms with E-state index in [0.717, 1.165) is 37.4 Å². The predicted molar refractivity (Wildman–Crippen MR) is 68.5 cm³/mol. The standard InChI is InChI=1S/C13H18N3O/c1-15(2)12-5-3-11(4-6-12)13(17)16-9-7-14-8-10-16/h3-6H,7-10H2,1-2H3. The van der Waals surface area contributed by atoms with E-state index in [0.29, 0.717) is 0 Å². The molecule has 0 atom stereocenters. The minimum atomic E-state index is 0.116. The van der Waals surface area contributed by atoms with Gasteiger partial charge in [-0.2, -0.15) is 0 Å². The van der Waals surface area contributed by atoms with Gasteiger partial charge in [0.2, 0.25) is 0 Å². The first-order chi connectivity index (χ1) is 8.18. The van der Waals surface area contributed by atoms with Crippen molar-refractivity contribution < 1.29 is 4.79 Å². The first-order valence-electron chi connectivity index (χ1n) is 5.88. The zero-order chi connectivity index (χ0) is 12.3. The van der Waals surface area contributed by atoms with E-state index in [2.05, 4.69) is 5.32 Å². The minimum Gasteiger partial charge on any atom is -0.378 e. The van der Waals surface area contributed by atoms with E-state index in [9.17, 15) is 4.79 Å². The fourth-order valence-electron chi connectivity index (χ4n) is 1.89. The van der Waals surface area contributed by atoms with Crippen molar-refractivity contribution in [1.29, 1.82) is 0 Å². The molecule has 91 valence electrons. The highest BCUT2D eigenvalue weighted by Crippen LogP contribution is 2.14. The number of nitrogens with zero attached hydrogens (tertiary/aromatic N) is 3. The summed E-state index contributed by atoms with van der Waals surface area (Å²) in [5, 5.41) is 4.24. The van der Waals surface area contributed by atoms with Crippen molar-refractivity contribution in [2.45, 2.75) is 0 Å². The molecule has 0 aromatic heterocycles. The van der Waals surface area contributed by atoms with Crippen LogP contribution in [0, 0.1) is 0 Å². The van der Waals surface area contributed by atoms with Crippen molar-refractivity contribution in [3.05, 3.63) is 29.8 Å². The third kappa shape index (κ3) is 2.77. The molecule has 1 aromatic rings. The second-order valence-electron chi connectivity index (χ2n) is 4.40. The maximum Gasteiger partial charge on any atom is 0.253 e.